The Morgan fingerprint density at radius 3 is 2.27 bits per heavy atom. The van der Waals surface area contributed by atoms with Crippen LogP contribution < -0.4 is 20.5 Å². The molecule has 1 aliphatic carbocycles. The molecule has 0 heterocycles. The van der Waals surface area contributed by atoms with Gasteiger partial charge in [-0.05, 0) is 67.6 Å². The summed E-state index contributed by atoms with van der Waals surface area (Å²) in [6, 6.07) is 5.63. The van der Waals surface area contributed by atoms with Gasteiger partial charge in [0.05, 0.1) is 32.0 Å². The predicted molar refractivity (Wildman–Crippen MR) is 160 cm³/mol. The number of aliphatic hydroxyl groups excluding tert-OH is 1. The molecule has 8 heteroatoms. The van der Waals surface area contributed by atoms with Crippen LogP contribution in [0.15, 0.2) is 18.2 Å². The summed E-state index contributed by atoms with van der Waals surface area (Å²) in [7, 11) is 5.01. The van der Waals surface area contributed by atoms with Crippen LogP contribution >= 0.6 is 0 Å². The molecule has 8 nitrogen and oxygen atoms in total. The Morgan fingerprint density at radius 1 is 1.00 bits per heavy atom. The van der Waals surface area contributed by atoms with Crippen molar-refractivity contribution in [3.05, 3.63) is 23.8 Å². The van der Waals surface area contributed by atoms with Gasteiger partial charge in [-0.3, -0.25) is 4.79 Å². The first-order valence-electron chi connectivity index (χ1n) is 15.1. The van der Waals surface area contributed by atoms with E-state index in [2.05, 4.69) is 25.2 Å². The smallest absolute Gasteiger partial charge is 0.223 e. The molecule has 1 fully saturated rings. The third-order valence-corrected chi connectivity index (χ3v) is 8.49. The van der Waals surface area contributed by atoms with E-state index in [-0.39, 0.29) is 29.2 Å². The lowest BCUT2D eigenvalue weighted by atomic mass is 9.80. The van der Waals surface area contributed by atoms with Crippen molar-refractivity contribution in [2.45, 2.75) is 96.7 Å². The molecule has 2 rings (SSSR count). The number of rotatable bonds is 19. The molecule has 0 radical (unpaired) electrons. The number of nitrogens with two attached hydrogens (primary N) is 1. The maximum Gasteiger partial charge on any atom is 0.223 e. The van der Waals surface area contributed by atoms with Gasteiger partial charge in [-0.2, -0.15) is 0 Å². The van der Waals surface area contributed by atoms with Crippen LogP contribution in [0.2, 0.25) is 0 Å². The lowest BCUT2D eigenvalue weighted by Crippen LogP contribution is -2.53. The van der Waals surface area contributed by atoms with E-state index in [1.165, 1.54) is 0 Å². The normalized spacial score (nSPS) is 18.0. The number of nitrogens with one attached hydrogen (secondary N) is 1. The molecule has 1 amide bonds. The molecule has 1 aliphatic rings. The molecule has 0 spiro atoms. The highest BCUT2D eigenvalue weighted by Crippen LogP contribution is 2.33. The van der Waals surface area contributed by atoms with Crippen molar-refractivity contribution in [1.82, 2.24) is 5.32 Å². The van der Waals surface area contributed by atoms with Crippen LogP contribution in [0.5, 0.6) is 11.5 Å². The van der Waals surface area contributed by atoms with Crippen molar-refractivity contribution >= 4 is 5.91 Å². The highest BCUT2D eigenvalue weighted by atomic mass is 16.5. The van der Waals surface area contributed by atoms with Gasteiger partial charge in [0.1, 0.15) is 0 Å². The second-order valence-electron chi connectivity index (χ2n) is 12.4. The Balaban J connectivity index is 2.04. The molecule has 1 aromatic carbocycles. The minimum Gasteiger partial charge on any atom is -0.493 e. The molecule has 0 aliphatic heterocycles. The molecule has 4 N–H and O–H groups in total. The van der Waals surface area contributed by atoms with E-state index in [1.807, 2.05) is 26.0 Å². The van der Waals surface area contributed by atoms with Gasteiger partial charge in [-0.25, -0.2) is 0 Å². The average molecular weight is 565 g/mol. The highest BCUT2D eigenvalue weighted by Gasteiger charge is 2.38. The Kier molecular flexibility index (Phi) is 14.7. The van der Waals surface area contributed by atoms with Crippen LogP contribution in [0.1, 0.15) is 78.2 Å². The first kappa shape index (κ1) is 34.3. The van der Waals surface area contributed by atoms with Crippen molar-refractivity contribution in [2.24, 2.45) is 29.4 Å². The first-order valence-corrected chi connectivity index (χ1v) is 15.1. The SMILES string of the molecule is COCCCOc1cc(C[C@@H](C[C@H](N)[C@@H](O)C[C@H](C(=O)NC2(COC)CCCC2)C(C)C)C(C)C)ccc1OC. The number of carbonyl (C=O) groups excluding carboxylic acids is 1. The molecule has 40 heavy (non-hydrogen) atoms. The fraction of sp³-hybridized carbons (Fsp3) is 0.781. The zero-order valence-corrected chi connectivity index (χ0v) is 26.0. The number of benzene rings is 1. The van der Waals surface area contributed by atoms with Crippen LogP contribution in [-0.2, 0) is 20.7 Å². The zero-order valence-electron chi connectivity index (χ0n) is 26.0. The van der Waals surface area contributed by atoms with Crippen molar-refractivity contribution in [3.8, 4) is 11.5 Å². The number of hydrogen-bond donors (Lipinski definition) is 3. The molecular formula is C32H56N2O6. The predicted octanol–water partition coefficient (Wildman–Crippen LogP) is 4.74. The summed E-state index contributed by atoms with van der Waals surface area (Å²) in [4.78, 5) is 13.4. The fourth-order valence-electron chi connectivity index (χ4n) is 5.85. The minimum absolute atomic E-state index is 0.00290. The second kappa shape index (κ2) is 17.2. The fourth-order valence-corrected chi connectivity index (χ4v) is 5.85. The third kappa shape index (κ3) is 10.5. The van der Waals surface area contributed by atoms with Crippen molar-refractivity contribution in [3.63, 3.8) is 0 Å². The Hall–Kier alpha value is -1.87. The van der Waals surface area contributed by atoms with Gasteiger partial charge in [0.15, 0.2) is 11.5 Å². The summed E-state index contributed by atoms with van der Waals surface area (Å²) in [5.74, 6) is 1.83. The third-order valence-electron chi connectivity index (χ3n) is 8.49. The Morgan fingerprint density at radius 2 is 1.70 bits per heavy atom. The second-order valence-corrected chi connectivity index (χ2v) is 12.4. The van der Waals surface area contributed by atoms with Crippen LogP contribution in [0.3, 0.4) is 0 Å². The summed E-state index contributed by atoms with van der Waals surface area (Å²) < 4.78 is 22.0. The molecule has 1 saturated carbocycles. The summed E-state index contributed by atoms with van der Waals surface area (Å²) in [5, 5.41) is 14.5. The maximum absolute atomic E-state index is 13.4. The molecule has 230 valence electrons. The molecule has 0 saturated heterocycles. The van der Waals surface area contributed by atoms with Gasteiger partial charge in [0.2, 0.25) is 5.91 Å². The van der Waals surface area contributed by atoms with Gasteiger partial charge in [0, 0.05) is 39.2 Å². The largest absolute Gasteiger partial charge is 0.493 e. The average Bonchev–Trinajstić information content (AvgIpc) is 3.36. The van der Waals surface area contributed by atoms with Crippen LogP contribution in [0, 0.1) is 23.7 Å². The van der Waals surface area contributed by atoms with Crippen molar-refractivity contribution in [2.75, 3.05) is 41.2 Å². The van der Waals surface area contributed by atoms with E-state index in [0.717, 1.165) is 49.8 Å². The van der Waals surface area contributed by atoms with Crippen LogP contribution in [-0.4, -0.2) is 69.8 Å². The number of ether oxygens (including phenoxy) is 4. The number of carbonyl (C=O) groups is 1. The summed E-state index contributed by atoms with van der Waals surface area (Å²) in [6.07, 6.45) is 5.90. The topological polar surface area (TPSA) is 112 Å². The number of amides is 1. The number of hydrogen-bond acceptors (Lipinski definition) is 7. The zero-order chi connectivity index (χ0) is 29.7. The van der Waals surface area contributed by atoms with Crippen molar-refractivity contribution in [1.29, 1.82) is 0 Å². The highest BCUT2D eigenvalue weighted by molar-refractivity contribution is 5.79. The minimum atomic E-state index is -0.767. The van der Waals surface area contributed by atoms with E-state index in [9.17, 15) is 9.90 Å². The quantitative estimate of drug-likeness (QED) is 0.208. The standard InChI is InChI=1S/C32H56N2O6/c1-22(2)25(17-24-11-12-29(39-7)30(18-24)40-16-10-15-37-5)19-27(33)28(35)20-26(23(3)4)31(36)34-32(21-38-6)13-8-9-14-32/h11-12,18,22-23,25-28,35H,8-10,13-17,19-21,33H2,1-7H3,(H,34,36)/t25-,26-,27-,28-/m0/s1. The lowest BCUT2D eigenvalue weighted by molar-refractivity contribution is -0.130. The molecule has 4 atom stereocenters. The summed E-state index contributed by atoms with van der Waals surface area (Å²) in [6.45, 7) is 10.2. The molecular weight excluding hydrogens is 508 g/mol. The monoisotopic (exact) mass is 564 g/mol. The molecule has 0 aromatic heterocycles. The number of methoxy groups -OCH3 is 3. The van der Waals surface area contributed by atoms with Crippen LogP contribution in [0.4, 0.5) is 0 Å². The van der Waals surface area contributed by atoms with E-state index in [4.69, 9.17) is 24.7 Å². The lowest BCUT2D eigenvalue weighted by Gasteiger charge is -2.34. The number of aliphatic hydroxyl groups is 1. The van der Waals surface area contributed by atoms with E-state index < -0.39 is 12.1 Å². The van der Waals surface area contributed by atoms with Crippen LogP contribution in [0.25, 0.3) is 0 Å². The van der Waals surface area contributed by atoms with Gasteiger partial charge in [0.25, 0.3) is 0 Å². The van der Waals surface area contributed by atoms with Gasteiger partial charge >= 0.3 is 0 Å². The molecule has 0 unspecified atom stereocenters. The van der Waals surface area contributed by atoms with E-state index in [1.54, 1.807) is 21.3 Å². The summed E-state index contributed by atoms with van der Waals surface area (Å²) >= 11 is 0. The molecule has 1 aromatic rings. The van der Waals surface area contributed by atoms with Gasteiger partial charge in [-0.15, -0.1) is 0 Å². The van der Waals surface area contributed by atoms with Gasteiger partial charge < -0.3 is 35.1 Å². The maximum atomic E-state index is 13.4. The van der Waals surface area contributed by atoms with Crippen molar-refractivity contribution < 1.29 is 28.8 Å². The van der Waals surface area contributed by atoms with E-state index >= 15 is 0 Å². The Bertz CT molecular complexity index is 871. The van der Waals surface area contributed by atoms with E-state index in [0.29, 0.717) is 44.3 Å². The first-order chi connectivity index (χ1) is 19.1. The summed E-state index contributed by atoms with van der Waals surface area (Å²) in [5.41, 5.74) is 7.46. The molecule has 0 bridgehead atoms. The van der Waals surface area contributed by atoms with Gasteiger partial charge in [-0.1, -0.05) is 46.6 Å². The Labute approximate surface area is 242 Å².